The second-order valence-corrected chi connectivity index (χ2v) is 5.88. The summed E-state index contributed by atoms with van der Waals surface area (Å²) in [6, 6.07) is 4.97. The van der Waals surface area contributed by atoms with E-state index in [4.69, 9.17) is 4.74 Å². The smallest absolute Gasteiger partial charge is 0.168 e. The summed E-state index contributed by atoms with van der Waals surface area (Å²) in [7, 11) is 0. The monoisotopic (exact) mass is 278 g/mol. The summed E-state index contributed by atoms with van der Waals surface area (Å²) in [5.41, 5.74) is 0.271. The normalized spacial score (nSPS) is 12.4. The lowest BCUT2D eigenvalue weighted by atomic mass is 9.98. The standard InChI is InChI=1S/C17H26O3/c1-13(2)6-4-7-14(3)10-11-20-16-9-5-8-15(12-18)17(16)19/h5,8-9,12-14,19H,4,6-7,10-11H2,1-3H3. The van der Waals surface area contributed by atoms with E-state index in [0.29, 0.717) is 24.6 Å². The SMILES string of the molecule is CC(C)CCCC(C)CCOc1cccc(C=O)c1O. The quantitative estimate of drug-likeness (QED) is 0.679. The molecule has 1 atom stereocenters. The fourth-order valence-corrected chi connectivity index (χ4v) is 2.14. The van der Waals surface area contributed by atoms with E-state index >= 15 is 0 Å². The summed E-state index contributed by atoms with van der Waals surface area (Å²) < 4.78 is 5.57. The summed E-state index contributed by atoms with van der Waals surface area (Å²) in [5, 5.41) is 9.80. The van der Waals surface area contributed by atoms with Gasteiger partial charge in [-0.15, -0.1) is 0 Å². The molecule has 0 saturated heterocycles. The van der Waals surface area contributed by atoms with Crippen molar-refractivity contribution in [3.05, 3.63) is 23.8 Å². The number of phenolic OH excluding ortho intramolecular Hbond substituents is 1. The number of ether oxygens (including phenoxy) is 1. The number of aromatic hydroxyl groups is 1. The third-order valence-corrected chi connectivity index (χ3v) is 3.50. The van der Waals surface area contributed by atoms with Crippen molar-refractivity contribution >= 4 is 6.29 Å². The van der Waals surface area contributed by atoms with Gasteiger partial charge < -0.3 is 9.84 Å². The molecule has 112 valence electrons. The molecule has 0 bridgehead atoms. The highest BCUT2D eigenvalue weighted by atomic mass is 16.5. The molecule has 0 heterocycles. The molecule has 0 aromatic heterocycles. The van der Waals surface area contributed by atoms with Crippen molar-refractivity contribution in [1.29, 1.82) is 0 Å². The lowest BCUT2D eigenvalue weighted by Crippen LogP contribution is -2.05. The largest absolute Gasteiger partial charge is 0.504 e. The molecule has 3 heteroatoms. The van der Waals surface area contributed by atoms with Crippen LogP contribution in [0.5, 0.6) is 11.5 Å². The lowest BCUT2D eigenvalue weighted by molar-refractivity contribution is 0.112. The summed E-state index contributed by atoms with van der Waals surface area (Å²) in [6.07, 6.45) is 5.33. The number of hydrogen-bond acceptors (Lipinski definition) is 3. The van der Waals surface area contributed by atoms with E-state index in [1.165, 1.54) is 19.3 Å². The Morgan fingerprint density at radius 2 is 1.95 bits per heavy atom. The number of para-hydroxylation sites is 1. The zero-order valence-corrected chi connectivity index (χ0v) is 12.8. The van der Waals surface area contributed by atoms with Crippen LogP contribution in [-0.4, -0.2) is 18.0 Å². The molecule has 0 fully saturated rings. The number of benzene rings is 1. The molecule has 1 rings (SSSR count). The van der Waals surface area contributed by atoms with Crippen LogP contribution in [0.25, 0.3) is 0 Å². The van der Waals surface area contributed by atoms with Crippen LogP contribution in [0, 0.1) is 11.8 Å². The van der Waals surface area contributed by atoms with Crippen LogP contribution in [0.2, 0.25) is 0 Å². The first-order valence-electron chi connectivity index (χ1n) is 7.44. The number of rotatable bonds is 9. The number of hydrogen-bond donors (Lipinski definition) is 1. The van der Waals surface area contributed by atoms with Crippen LogP contribution in [0.1, 0.15) is 56.8 Å². The minimum absolute atomic E-state index is 0.0602. The number of phenols is 1. The number of aldehydes is 1. The highest BCUT2D eigenvalue weighted by Gasteiger charge is 2.08. The third-order valence-electron chi connectivity index (χ3n) is 3.50. The Labute approximate surface area is 122 Å². The van der Waals surface area contributed by atoms with Gasteiger partial charge in [0.2, 0.25) is 0 Å². The third kappa shape index (κ3) is 5.64. The van der Waals surface area contributed by atoms with E-state index < -0.39 is 0 Å². The van der Waals surface area contributed by atoms with Crippen molar-refractivity contribution in [1.82, 2.24) is 0 Å². The highest BCUT2D eigenvalue weighted by molar-refractivity contribution is 5.80. The molecular formula is C17H26O3. The fraction of sp³-hybridized carbons (Fsp3) is 0.588. The first kappa shape index (κ1) is 16.5. The van der Waals surface area contributed by atoms with E-state index in [2.05, 4.69) is 20.8 Å². The highest BCUT2D eigenvalue weighted by Crippen LogP contribution is 2.29. The van der Waals surface area contributed by atoms with Gasteiger partial charge in [-0.3, -0.25) is 4.79 Å². The maximum Gasteiger partial charge on any atom is 0.168 e. The van der Waals surface area contributed by atoms with Gasteiger partial charge >= 0.3 is 0 Å². The average molecular weight is 278 g/mol. The van der Waals surface area contributed by atoms with Gasteiger partial charge in [-0.25, -0.2) is 0 Å². The van der Waals surface area contributed by atoms with Crippen molar-refractivity contribution < 1.29 is 14.6 Å². The van der Waals surface area contributed by atoms with Crippen LogP contribution in [0.15, 0.2) is 18.2 Å². The van der Waals surface area contributed by atoms with Crippen LogP contribution >= 0.6 is 0 Å². The van der Waals surface area contributed by atoms with Crippen molar-refractivity contribution in [2.24, 2.45) is 11.8 Å². The summed E-state index contributed by atoms with van der Waals surface area (Å²) in [5.74, 6) is 1.71. The molecule has 0 radical (unpaired) electrons. The molecule has 0 aliphatic heterocycles. The van der Waals surface area contributed by atoms with Gasteiger partial charge in [0.05, 0.1) is 12.2 Å². The van der Waals surface area contributed by atoms with Crippen LogP contribution in [0.4, 0.5) is 0 Å². The number of carbonyl (C=O) groups excluding carboxylic acids is 1. The van der Waals surface area contributed by atoms with E-state index in [-0.39, 0.29) is 11.3 Å². The first-order chi connectivity index (χ1) is 9.54. The Hall–Kier alpha value is -1.51. The maximum absolute atomic E-state index is 10.7. The summed E-state index contributed by atoms with van der Waals surface area (Å²) in [4.78, 5) is 10.7. The van der Waals surface area contributed by atoms with E-state index in [0.717, 1.165) is 12.3 Å². The van der Waals surface area contributed by atoms with Crippen molar-refractivity contribution in [2.45, 2.75) is 46.5 Å². The molecule has 0 spiro atoms. The Bertz CT molecular complexity index is 413. The predicted molar refractivity (Wildman–Crippen MR) is 81.5 cm³/mol. The second-order valence-electron chi connectivity index (χ2n) is 5.88. The summed E-state index contributed by atoms with van der Waals surface area (Å²) >= 11 is 0. The average Bonchev–Trinajstić information content (AvgIpc) is 2.40. The molecule has 1 N–H and O–H groups in total. The lowest BCUT2D eigenvalue weighted by Gasteiger charge is -2.14. The topological polar surface area (TPSA) is 46.5 Å². The maximum atomic E-state index is 10.7. The molecule has 3 nitrogen and oxygen atoms in total. The molecule has 0 saturated carbocycles. The van der Waals surface area contributed by atoms with E-state index in [1.54, 1.807) is 18.2 Å². The molecule has 0 aliphatic carbocycles. The van der Waals surface area contributed by atoms with Crippen molar-refractivity contribution in [2.75, 3.05) is 6.61 Å². The zero-order valence-electron chi connectivity index (χ0n) is 12.8. The minimum Gasteiger partial charge on any atom is -0.504 e. The minimum atomic E-state index is -0.0602. The molecule has 1 unspecified atom stereocenters. The Morgan fingerprint density at radius 1 is 1.20 bits per heavy atom. The molecule has 1 aromatic carbocycles. The molecule has 0 amide bonds. The fourth-order valence-electron chi connectivity index (χ4n) is 2.14. The van der Waals surface area contributed by atoms with Crippen LogP contribution in [-0.2, 0) is 0 Å². The Kier molecular flexibility index (Phi) is 7.13. The first-order valence-corrected chi connectivity index (χ1v) is 7.44. The van der Waals surface area contributed by atoms with Gasteiger partial charge in [0.25, 0.3) is 0 Å². The second kappa shape index (κ2) is 8.62. The molecule has 20 heavy (non-hydrogen) atoms. The zero-order chi connectivity index (χ0) is 15.0. The van der Waals surface area contributed by atoms with Gasteiger partial charge in [0, 0.05) is 0 Å². The summed E-state index contributed by atoms with van der Waals surface area (Å²) in [6.45, 7) is 7.29. The van der Waals surface area contributed by atoms with Gasteiger partial charge in [-0.1, -0.05) is 46.1 Å². The van der Waals surface area contributed by atoms with Crippen molar-refractivity contribution in [3.8, 4) is 11.5 Å². The van der Waals surface area contributed by atoms with Crippen molar-refractivity contribution in [3.63, 3.8) is 0 Å². The predicted octanol–water partition coefficient (Wildman–Crippen LogP) is 4.44. The van der Waals surface area contributed by atoms with Gasteiger partial charge in [0.15, 0.2) is 17.8 Å². The van der Waals surface area contributed by atoms with Crippen LogP contribution in [0.3, 0.4) is 0 Å². The van der Waals surface area contributed by atoms with Crippen LogP contribution < -0.4 is 4.74 Å². The van der Waals surface area contributed by atoms with Gasteiger partial charge in [-0.05, 0) is 30.4 Å². The Balaban J connectivity index is 2.32. The van der Waals surface area contributed by atoms with Gasteiger partial charge in [-0.2, -0.15) is 0 Å². The van der Waals surface area contributed by atoms with E-state index in [9.17, 15) is 9.90 Å². The van der Waals surface area contributed by atoms with Gasteiger partial charge in [0.1, 0.15) is 0 Å². The van der Waals surface area contributed by atoms with E-state index in [1.807, 2.05) is 0 Å². The Morgan fingerprint density at radius 3 is 2.60 bits per heavy atom. The molecule has 0 aliphatic rings. The molecule has 1 aromatic rings. The molecular weight excluding hydrogens is 252 g/mol. The number of carbonyl (C=O) groups is 1.